The van der Waals surface area contributed by atoms with Gasteiger partial charge in [0.1, 0.15) is 0 Å². The van der Waals surface area contributed by atoms with E-state index in [1.807, 2.05) is 6.07 Å². The van der Waals surface area contributed by atoms with E-state index in [0.29, 0.717) is 11.7 Å². The Morgan fingerprint density at radius 2 is 2.29 bits per heavy atom. The number of methoxy groups -OCH3 is 1. The van der Waals surface area contributed by atoms with Crippen molar-refractivity contribution in [3.63, 3.8) is 0 Å². The van der Waals surface area contributed by atoms with Crippen LogP contribution in [-0.2, 0) is 6.42 Å². The molecule has 0 bridgehead atoms. The average Bonchev–Trinajstić information content (AvgIpc) is 2.31. The Hall–Kier alpha value is -0.610. The Morgan fingerprint density at radius 3 is 2.94 bits per heavy atom. The summed E-state index contributed by atoms with van der Waals surface area (Å²) in [6.45, 7) is 2.14. The molecule has 0 aliphatic carbocycles. The number of para-hydroxylation sites is 1. The molecule has 96 valence electrons. The van der Waals surface area contributed by atoms with Gasteiger partial charge in [-0.1, -0.05) is 12.1 Å². The van der Waals surface area contributed by atoms with E-state index in [2.05, 4.69) is 5.32 Å². The molecule has 1 unspecified atom stereocenters. The number of ether oxygens (including phenoxy) is 1. The van der Waals surface area contributed by atoms with Crippen molar-refractivity contribution in [3.8, 4) is 5.75 Å². The number of rotatable bonds is 3. The Bertz CT molecular complexity index is 353. The average molecular weight is 304 g/mol. The van der Waals surface area contributed by atoms with Crippen molar-refractivity contribution in [1.29, 1.82) is 0 Å². The van der Waals surface area contributed by atoms with E-state index >= 15 is 0 Å². The topological polar surface area (TPSA) is 21.3 Å². The predicted octanol–water partition coefficient (Wildman–Crippen LogP) is 2.95. The highest BCUT2D eigenvalue weighted by molar-refractivity contribution is 8.93. The molecular weight excluding hydrogens is 285 g/mol. The summed E-state index contributed by atoms with van der Waals surface area (Å²) in [6, 6.07) is 5.15. The first-order valence-corrected chi connectivity index (χ1v) is 5.83. The molecular formula is C13H19BrFNO. The molecule has 2 nitrogen and oxygen atoms in total. The monoisotopic (exact) mass is 303 g/mol. The lowest BCUT2D eigenvalue weighted by Crippen LogP contribution is -2.30. The van der Waals surface area contributed by atoms with Gasteiger partial charge in [-0.05, 0) is 49.9 Å². The first-order chi connectivity index (χ1) is 7.81. The third-order valence-corrected chi connectivity index (χ3v) is 3.16. The third-order valence-electron chi connectivity index (χ3n) is 3.16. The van der Waals surface area contributed by atoms with E-state index in [9.17, 15) is 4.39 Å². The van der Waals surface area contributed by atoms with Gasteiger partial charge in [-0.3, -0.25) is 0 Å². The zero-order valence-electron chi connectivity index (χ0n) is 10.0. The molecule has 1 aliphatic rings. The fourth-order valence-electron chi connectivity index (χ4n) is 2.35. The lowest BCUT2D eigenvalue weighted by molar-refractivity contribution is 0.354. The predicted molar refractivity (Wildman–Crippen MR) is 72.6 cm³/mol. The Balaban J connectivity index is 0.00000144. The van der Waals surface area contributed by atoms with Crippen LogP contribution in [0.1, 0.15) is 18.4 Å². The van der Waals surface area contributed by atoms with Gasteiger partial charge in [-0.25, -0.2) is 4.39 Å². The molecule has 1 saturated heterocycles. The van der Waals surface area contributed by atoms with Crippen LogP contribution in [0.15, 0.2) is 18.2 Å². The molecule has 1 aromatic rings. The largest absolute Gasteiger partial charge is 0.493 e. The number of benzene rings is 1. The first-order valence-electron chi connectivity index (χ1n) is 5.83. The number of hydrogen-bond donors (Lipinski definition) is 1. The van der Waals surface area contributed by atoms with Crippen LogP contribution in [0, 0.1) is 11.7 Å². The molecule has 0 aromatic heterocycles. The maximum atomic E-state index is 13.5. The Labute approximate surface area is 112 Å². The second-order valence-corrected chi connectivity index (χ2v) is 4.35. The smallest absolute Gasteiger partial charge is 0.165 e. The van der Waals surface area contributed by atoms with Crippen LogP contribution >= 0.6 is 17.0 Å². The summed E-state index contributed by atoms with van der Waals surface area (Å²) in [5, 5.41) is 3.37. The highest BCUT2D eigenvalue weighted by Crippen LogP contribution is 2.26. The van der Waals surface area contributed by atoms with E-state index in [0.717, 1.165) is 25.1 Å². The molecule has 1 aromatic carbocycles. The van der Waals surface area contributed by atoms with Crippen molar-refractivity contribution in [2.24, 2.45) is 5.92 Å². The molecule has 1 N–H and O–H groups in total. The lowest BCUT2D eigenvalue weighted by atomic mass is 9.92. The van der Waals surface area contributed by atoms with Gasteiger partial charge in [0.25, 0.3) is 0 Å². The summed E-state index contributed by atoms with van der Waals surface area (Å²) in [5.74, 6) is 0.751. The number of piperidine rings is 1. The van der Waals surface area contributed by atoms with Gasteiger partial charge < -0.3 is 10.1 Å². The summed E-state index contributed by atoms with van der Waals surface area (Å²) < 4.78 is 18.6. The fourth-order valence-corrected chi connectivity index (χ4v) is 2.35. The normalized spacial score (nSPS) is 19.5. The van der Waals surface area contributed by atoms with Gasteiger partial charge >= 0.3 is 0 Å². The highest BCUT2D eigenvalue weighted by atomic mass is 79.9. The maximum Gasteiger partial charge on any atom is 0.165 e. The molecule has 0 spiro atoms. The molecule has 4 heteroatoms. The molecule has 2 rings (SSSR count). The van der Waals surface area contributed by atoms with Crippen molar-refractivity contribution in [2.75, 3.05) is 20.2 Å². The molecule has 17 heavy (non-hydrogen) atoms. The van der Waals surface area contributed by atoms with E-state index in [-0.39, 0.29) is 22.8 Å². The van der Waals surface area contributed by atoms with Crippen LogP contribution in [0.2, 0.25) is 0 Å². The number of nitrogens with one attached hydrogen (secondary N) is 1. The van der Waals surface area contributed by atoms with Crippen molar-refractivity contribution >= 4 is 17.0 Å². The molecule has 1 heterocycles. The summed E-state index contributed by atoms with van der Waals surface area (Å²) in [4.78, 5) is 0. The van der Waals surface area contributed by atoms with Gasteiger partial charge in [0, 0.05) is 0 Å². The van der Waals surface area contributed by atoms with E-state index < -0.39 is 0 Å². The SMILES string of the molecule is Br.COc1c(F)cccc1CC1CCCNC1. The number of hydrogen-bond acceptors (Lipinski definition) is 2. The minimum absolute atomic E-state index is 0. The van der Waals surface area contributed by atoms with E-state index in [4.69, 9.17) is 4.74 Å². The van der Waals surface area contributed by atoms with Crippen molar-refractivity contribution in [2.45, 2.75) is 19.3 Å². The van der Waals surface area contributed by atoms with Gasteiger partial charge in [0.2, 0.25) is 0 Å². The maximum absolute atomic E-state index is 13.5. The van der Waals surface area contributed by atoms with Crippen molar-refractivity contribution < 1.29 is 9.13 Å². The molecule has 1 fully saturated rings. The molecule has 0 saturated carbocycles. The summed E-state index contributed by atoms with van der Waals surface area (Å²) in [7, 11) is 1.53. The number of halogens is 2. The molecule has 0 radical (unpaired) electrons. The van der Waals surface area contributed by atoms with Crippen LogP contribution in [0.5, 0.6) is 5.75 Å². The fraction of sp³-hybridized carbons (Fsp3) is 0.538. The van der Waals surface area contributed by atoms with E-state index in [1.54, 1.807) is 6.07 Å². The van der Waals surface area contributed by atoms with Gasteiger partial charge in [-0.15, -0.1) is 17.0 Å². The van der Waals surface area contributed by atoms with Crippen LogP contribution in [0.25, 0.3) is 0 Å². The minimum Gasteiger partial charge on any atom is -0.493 e. The van der Waals surface area contributed by atoms with E-state index in [1.165, 1.54) is 26.0 Å². The molecule has 1 atom stereocenters. The molecule has 0 amide bonds. The van der Waals surface area contributed by atoms with Crippen molar-refractivity contribution in [1.82, 2.24) is 5.32 Å². The summed E-state index contributed by atoms with van der Waals surface area (Å²) in [5.41, 5.74) is 0.983. The Kier molecular flexibility index (Phi) is 5.92. The summed E-state index contributed by atoms with van der Waals surface area (Å²) >= 11 is 0. The van der Waals surface area contributed by atoms with Gasteiger partial charge in [-0.2, -0.15) is 0 Å². The first kappa shape index (κ1) is 14.5. The van der Waals surface area contributed by atoms with Crippen LogP contribution in [0.3, 0.4) is 0 Å². The Morgan fingerprint density at radius 1 is 1.47 bits per heavy atom. The van der Waals surface area contributed by atoms with Crippen molar-refractivity contribution in [3.05, 3.63) is 29.6 Å². The quantitative estimate of drug-likeness (QED) is 0.927. The minimum atomic E-state index is -0.260. The lowest BCUT2D eigenvalue weighted by Gasteiger charge is -2.23. The summed E-state index contributed by atoms with van der Waals surface area (Å²) in [6.07, 6.45) is 3.32. The second kappa shape index (κ2) is 6.97. The third kappa shape index (κ3) is 3.68. The molecule has 1 aliphatic heterocycles. The highest BCUT2D eigenvalue weighted by Gasteiger charge is 2.17. The second-order valence-electron chi connectivity index (χ2n) is 4.35. The zero-order valence-corrected chi connectivity index (χ0v) is 11.8. The van der Waals surface area contributed by atoms with Crippen LogP contribution in [-0.4, -0.2) is 20.2 Å². The standard InChI is InChI=1S/C13H18FNO.BrH/c1-16-13-11(5-2-6-12(13)14)8-10-4-3-7-15-9-10;/h2,5-6,10,15H,3-4,7-9H2,1H3;1H. The zero-order chi connectivity index (χ0) is 11.4. The van der Waals surface area contributed by atoms with Crippen LogP contribution < -0.4 is 10.1 Å². The van der Waals surface area contributed by atoms with Gasteiger partial charge in [0.05, 0.1) is 7.11 Å². The van der Waals surface area contributed by atoms with Gasteiger partial charge in [0.15, 0.2) is 11.6 Å². The van der Waals surface area contributed by atoms with Crippen LogP contribution in [0.4, 0.5) is 4.39 Å².